The quantitative estimate of drug-likeness (QED) is 0.402. The summed E-state index contributed by atoms with van der Waals surface area (Å²) in [5.41, 5.74) is 3.59. The van der Waals surface area contributed by atoms with Crippen LogP contribution in [0.3, 0.4) is 0 Å². The van der Waals surface area contributed by atoms with E-state index in [1.807, 2.05) is 24.3 Å². The SMILES string of the molecule is COC(=O)c1c(NC(=O)CSc2nc3ccccc3[nH]2)sc2c1CCC(C(C)(C)C)C2. The van der Waals surface area contributed by atoms with Crippen molar-refractivity contribution >= 4 is 51.0 Å². The molecule has 2 aromatic heterocycles. The first-order valence-electron chi connectivity index (χ1n) is 10.4. The van der Waals surface area contributed by atoms with E-state index in [9.17, 15) is 9.59 Å². The molecule has 0 spiro atoms. The molecule has 0 fully saturated rings. The molecule has 2 heterocycles. The average Bonchev–Trinajstić information content (AvgIpc) is 3.31. The lowest BCUT2D eigenvalue weighted by molar-refractivity contribution is -0.113. The largest absolute Gasteiger partial charge is 0.465 e. The summed E-state index contributed by atoms with van der Waals surface area (Å²) >= 11 is 2.86. The minimum Gasteiger partial charge on any atom is -0.465 e. The molecule has 6 nitrogen and oxygen atoms in total. The fourth-order valence-electron chi connectivity index (χ4n) is 4.03. The molecule has 3 aromatic rings. The number of thioether (sulfide) groups is 1. The third kappa shape index (κ3) is 4.65. The van der Waals surface area contributed by atoms with Gasteiger partial charge in [-0.3, -0.25) is 4.79 Å². The smallest absolute Gasteiger partial charge is 0.341 e. The van der Waals surface area contributed by atoms with E-state index in [1.54, 1.807) is 0 Å². The normalized spacial score (nSPS) is 16.2. The monoisotopic (exact) mass is 457 g/mol. The molecule has 1 aliphatic rings. The fraction of sp³-hybridized carbons (Fsp3) is 0.435. The molecule has 0 bridgehead atoms. The van der Waals surface area contributed by atoms with Crippen molar-refractivity contribution < 1.29 is 14.3 Å². The minimum atomic E-state index is -0.382. The topological polar surface area (TPSA) is 84.1 Å². The maximum Gasteiger partial charge on any atom is 0.341 e. The molecule has 0 saturated heterocycles. The predicted octanol–water partition coefficient (Wildman–Crippen LogP) is 5.29. The number of methoxy groups -OCH3 is 1. The van der Waals surface area contributed by atoms with Crippen molar-refractivity contribution in [3.05, 3.63) is 40.3 Å². The van der Waals surface area contributed by atoms with Crippen molar-refractivity contribution in [3.8, 4) is 0 Å². The number of para-hydroxylation sites is 2. The number of benzene rings is 1. The maximum atomic E-state index is 12.7. The number of hydrogen-bond donors (Lipinski definition) is 2. The number of amides is 1. The first-order valence-corrected chi connectivity index (χ1v) is 12.2. The lowest BCUT2D eigenvalue weighted by Crippen LogP contribution is -2.26. The van der Waals surface area contributed by atoms with Crippen LogP contribution in [0, 0.1) is 11.3 Å². The highest BCUT2D eigenvalue weighted by Gasteiger charge is 2.34. The zero-order chi connectivity index (χ0) is 22.2. The van der Waals surface area contributed by atoms with Crippen molar-refractivity contribution in [1.29, 1.82) is 0 Å². The molecule has 1 unspecified atom stereocenters. The Hall–Kier alpha value is -2.32. The number of aromatic amines is 1. The number of imidazole rings is 1. The second kappa shape index (κ2) is 8.67. The molecule has 1 amide bonds. The van der Waals surface area contributed by atoms with Crippen molar-refractivity contribution in [2.75, 3.05) is 18.2 Å². The van der Waals surface area contributed by atoms with E-state index < -0.39 is 0 Å². The highest BCUT2D eigenvalue weighted by Crippen LogP contribution is 2.44. The van der Waals surface area contributed by atoms with Crippen molar-refractivity contribution in [3.63, 3.8) is 0 Å². The molecule has 0 aliphatic heterocycles. The van der Waals surface area contributed by atoms with Crippen LogP contribution in [0.1, 0.15) is 48.0 Å². The van der Waals surface area contributed by atoms with Crippen molar-refractivity contribution in [2.45, 2.75) is 45.2 Å². The zero-order valence-electron chi connectivity index (χ0n) is 18.2. The summed E-state index contributed by atoms with van der Waals surface area (Å²) in [6.07, 6.45) is 2.80. The number of ether oxygens (including phenoxy) is 1. The van der Waals surface area contributed by atoms with E-state index in [2.05, 4.69) is 36.1 Å². The standard InChI is InChI=1S/C23H27N3O3S2/c1-23(2,3)13-9-10-14-17(11-13)31-20(19(14)21(28)29-4)26-18(27)12-30-22-24-15-7-5-6-8-16(15)25-22/h5-8,13H,9-12H2,1-4H3,(H,24,25)(H,26,27). The maximum absolute atomic E-state index is 12.7. The Morgan fingerprint density at radius 3 is 2.81 bits per heavy atom. The highest BCUT2D eigenvalue weighted by molar-refractivity contribution is 7.99. The van der Waals surface area contributed by atoms with Gasteiger partial charge < -0.3 is 15.0 Å². The zero-order valence-corrected chi connectivity index (χ0v) is 19.8. The lowest BCUT2D eigenvalue weighted by Gasteiger charge is -2.33. The summed E-state index contributed by atoms with van der Waals surface area (Å²) in [5.74, 6) is 0.207. The van der Waals surface area contributed by atoms with Gasteiger partial charge in [0, 0.05) is 4.88 Å². The molecule has 1 aliphatic carbocycles. The summed E-state index contributed by atoms with van der Waals surface area (Å²) in [6.45, 7) is 6.78. The van der Waals surface area contributed by atoms with E-state index in [4.69, 9.17) is 4.74 Å². The second-order valence-corrected chi connectivity index (χ2v) is 11.0. The number of nitrogens with one attached hydrogen (secondary N) is 2. The molecule has 1 atom stereocenters. The highest BCUT2D eigenvalue weighted by atomic mass is 32.2. The number of nitrogens with zero attached hydrogens (tertiary/aromatic N) is 1. The second-order valence-electron chi connectivity index (χ2n) is 8.90. The molecule has 8 heteroatoms. The third-order valence-corrected chi connectivity index (χ3v) is 7.88. The minimum absolute atomic E-state index is 0.165. The van der Waals surface area contributed by atoms with E-state index in [0.717, 1.165) is 35.9 Å². The Bertz CT molecular complexity index is 1090. The molecule has 164 valence electrons. The van der Waals surface area contributed by atoms with Crippen LogP contribution in [0.15, 0.2) is 29.4 Å². The van der Waals surface area contributed by atoms with Crippen LogP contribution in [0.5, 0.6) is 0 Å². The van der Waals surface area contributed by atoms with Crippen molar-refractivity contribution in [1.82, 2.24) is 9.97 Å². The Morgan fingerprint density at radius 2 is 2.10 bits per heavy atom. The number of anilines is 1. The summed E-state index contributed by atoms with van der Waals surface area (Å²) in [5, 5.41) is 4.25. The van der Waals surface area contributed by atoms with E-state index in [-0.39, 0.29) is 23.0 Å². The Kier molecular flexibility index (Phi) is 6.12. The van der Waals surface area contributed by atoms with Crippen molar-refractivity contribution in [2.24, 2.45) is 11.3 Å². The molecule has 31 heavy (non-hydrogen) atoms. The summed E-state index contributed by atoms with van der Waals surface area (Å²) < 4.78 is 5.04. The number of rotatable bonds is 5. The number of hydrogen-bond acceptors (Lipinski definition) is 6. The van der Waals surface area contributed by atoms with Crippen LogP contribution in [0.25, 0.3) is 11.0 Å². The molecule has 0 radical (unpaired) electrons. The molecule has 2 N–H and O–H groups in total. The summed E-state index contributed by atoms with van der Waals surface area (Å²) in [7, 11) is 1.39. The molecular weight excluding hydrogens is 430 g/mol. The first kappa shape index (κ1) is 21.9. The van der Waals surface area contributed by atoms with Crippen LogP contribution >= 0.6 is 23.1 Å². The van der Waals surface area contributed by atoms with Gasteiger partial charge in [-0.25, -0.2) is 9.78 Å². The van der Waals surface area contributed by atoms with Crippen LogP contribution in [-0.4, -0.2) is 34.7 Å². The van der Waals surface area contributed by atoms with Gasteiger partial charge in [0.2, 0.25) is 5.91 Å². The molecule has 4 rings (SSSR count). The van der Waals surface area contributed by atoms with Gasteiger partial charge in [-0.05, 0) is 48.3 Å². The number of esters is 1. The van der Waals surface area contributed by atoms with Gasteiger partial charge >= 0.3 is 5.97 Å². The number of fused-ring (bicyclic) bond motifs is 2. The van der Waals surface area contributed by atoms with Crippen LogP contribution < -0.4 is 5.32 Å². The number of H-pyrrole nitrogens is 1. The van der Waals surface area contributed by atoms with E-state index in [0.29, 0.717) is 21.6 Å². The van der Waals surface area contributed by atoms with Gasteiger partial charge in [0.15, 0.2) is 5.16 Å². The van der Waals surface area contributed by atoms with Gasteiger partial charge in [0.05, 0.1) is 29.5 Å². The molecular formula is C23H27N3O3S2. The van der Waals surface area contributed by atoms with E-state index >= 15 is 0 Å². The third-order valence-electron chi connectivity index (χ3n) is 5.84. The van der Waals surface area contributed by atoms with Crippen LogP contribution in [-0.2, 0) is 22.4 Å². The summed E-state index contributed by atoms with van der Waals surface area (Å²) in [4.78, 5) is 34.1. The van der Waals surface area contributed by atoms with Crippen LogP contribution in [0.4, 0.5) is 5.00 Å². The fourth-order valence-corrected chi connectivity index (χ4v) is 6.04. The summed E-state index contributed by atoms with van der Waals surface area (Å²) in [6, 6.07) is 7.76. The Balaban J connectivity index is 1.49. The number of aromatic nitrogens is 2. The van der Waals surface area contributed by atoms with Crippen LogP contribution in [0.2, 0.25) is 0 Å². The van der Waals surface area contributed by atoms with E-state index in [1.165, 1.54) is 35.1 Å². The first-order chi connectivity index (χ1) is 14.8. The molecule has 1 aromatic carbocycles. The Labute approximate surface area is 190 Å². The average molecular weight is 458 g/mol. The van der Waals surface area contributed by atoms with Gasteiger partial charge in [-0.2, -0.15) is 0 Å². The number of carbonyl (C=O) groups is 2. The number of carbonyl (C=O) groups excluding carboxylic acids is 2. The predicted molar refractivity (Wildman–Crippen MR) is 126 cm³/mol. The Morgan fingerprint density at radius 1 is 1.32 bits per heavy atom. The lowest BCUT2D eigenvalue weighted by atomic mass is 9.72. The molecule has 0 saturated carbocycles. The number of thiophene rings is 1. The van der Waals surface area contributed by atoms with Gasteiger partial charge in [-0.1, -0.05) is 44.7 Å². The van der Waals surface area contributed by atoms with Gasteiger partial charge in [0.25, 0.3) is 0 Å². The van der Waals surface area contributed by atoms with Gasteiger partial charge in [-0.15, -0.1) is 11.3 Å². The van der Waals surface area contributed by atoms with Gasteiger partial charge in [0.1, 0.15) is 5.00 Å².